The zero-order valence-electron chi connectivity index (χ0n) is 14.3. The van der Waals surface area contributed by atoms with Gasteiger partial charge in [0, 0.05) is 23.2 Å². The van der Waals surface area contributed by atoms with Crippen LogP contribution in [0.2, 0.25) is 5.02 Å². The van der Waals surface area contributed by atoms with E-state index in [1.54, 1.807) is 37.3 Å². The maximum Gasteiger partial charge on any atom is 0.251 e. The van der Waals surface area contributed by atoms with Crippen LogP contribution >= 0.6 is 11.6 Å². The lowest BCUT2D eigenvalue weighted by Crippen LogP contribution is -2.31. The molecule has 0 radical (unpaired) electrons. The molecule has 5 nitrogen and oxygen atoms in total. The van der Waals surface area contributed by atoms with Gasteiger partial charge in [0.05, 0.1) is 4.90 Å². The summed E-state index contributed by atoms with van der Waals surface area (Å²) in [5.41, 5.74) is 1.73. The molecule has 0 aliphatic carbocycles. The first kappa shape index (κ1) is 19.4. The van der Waals surface area contributed by atoms with Crippen LogP contribution in [0.1, 0.15) is 35.3 Å². The summed E-state index contributed by atoms with van der Waals surface area (Å²) < 4.78 is 27.6. The number of halogens is 1. The van der Waals surface area contributed by atoms with Gasteiger partial charge in [0.25, 0.3) is 5.91 Å². The van der Waals surface area contributed by atoms with Gasteiger partial charge < -0.3 is 5.32 Å². The van der Waals surface area contributed by atoms with E-state index < -0.39 is 10.0 Å². The van der Waals surface area contributed by atoms with Crippen molar-refractivity contribution in [2.24, 2.45) is 0 Å². The average molecular weight is 381 g/mol. The number of benzene rings is 2. The van der Waals surface area contributed by atoms with Crippen LogP contribution in [-0.2, 0) is 16.6 Å². The van der Waals surface area contributed by atoms with Crippen LogP contribution in [0.25, 0.3) is 0 Å². The number of carbonyl (C=O) groups excluding carboxylic acids is 1. The third-order valence-corrected chi connectivity index (χ3v) is 5.36. The fourth-order valence-electron chi connectivity index (χ4n) is 2.25. The Kier molecular flexibility index (Phi) is 6.21. The zero-order valence-corrected chi connectivity index (χ0v) is 15.9. The van der Waals surface area contributed by atoms with Crippen molar-refractivity contribution < 1.29 is 13.2 Å². The second kappa shape index (κ2) is 7.99. The first-order chi connectivity index (χ1) is 11.7. The third kappa shape index (κ3) is 5.04. The maximum atomic E-state index is 12.5. The Morgan fingerprint density at radius 3 is 2.48 bits per heavy atom. The number of aryl methyl sites for hydroxylation is 1. The van der Waals surface area contributed by atoms with Gasteiger partial charge in [0.2, 0.25) is 10.0 Å². The van der Waals surface area contributed by atoms with E-state index in [9.17, 15) is 13.2 Å². The van der Waals surface area contributed by atoms with E-state index in [0.717, 1.165) is 0 Å². The lowest BCUT2D eigenvalue weighted by atomic mass is 10.1. The van der Waals surface area contributed by atoms with E-state index >= 15 is 0 Å². The Labute approximate surface area is 153 Å². The minimum atomic E-state index is -3.77. The highest BCUT2D eigenvalue weighted by molar-refractivity contribution is 7.89. The van der Waals surface area contributed by atoms with Gasteiger partial charge in [-0.1, -0.05) is 35.9 Å². The van der Waals surface area contributed by atoms with Gasteiger partial charge in [0.1, 0.15) is 0 Å². The molecule has 0 unspecified atom stereocenters. The summed E-state index contributed by atoms with van der Waals surface area (Å²) in [6.45, 7) is 5.53. The molecule has 0 aliphatic heterocycles. The largest absolute Gasteiger partial charge is 0.350 e. The molecule has 0 aromatic heterocycles. The summed E-state index contributed by atoms with van der Waals surface area (Å²) in [4.78, 5) is 12.3. The predicted octanol–water partition coefficient (Wildman–Crippen LogP) is 3.27. The van der Waals surface area contributed by atoms with Gasteiger partial charge >= 0.3 is 0 Å². The highest BCUT2D eigenvalue weighted by atomic mass is 35.5. The van der Waals surface area contributed by atoms with E-state index in [1.807, 2.05) is 13.8 Å². The molecule has 0 fully saturated rings. The zero-order chi connectivity index (χ0) is 18.6. The van der Waals surface area contributed by atoms with Gasteiger partial charge in [-0.3, -0.25) is 4.79 Å². The summed E-state index contributed by atoms with van der Waals surface area (Å²) in [7, 11) is -3.77. The Morgan fingerprint density at radius 1 is 1.16 bits per heavy atom. The van der Waals surface area contributed by atoms with Gasteiger partial charge in [-0.2, -0.15) is 0 Å². The molecule has 0 bridgehead atoms. The SMILES string of the molecule is Cc1ccc(S(=O)(=O)NCc2ccccc2Cl)cc1C(=O)NC(C)C. The molecule has 7 heteroatoms. The second-order valence-corrected chi connectivity index (χ2v) is 8.20. The standard InChI is InChI=1S/C18H21ClN2O3S/c1-12(2)21-18(22)16-10-15(9-8-13(16)3)25(23,24)20-11-14-6-4-5-7-17(14)19/h4-10,12,20H,11H2,1-3H3,(H,21,22). The summed E-state index contributed by atoms with van der Waals surface area (Å²) >= 11 is 6.05. The van der Waals surface area contributed by atoms with Crippen LogP contribution in [0.5, 0.6) is 0 Å². The molecule has 0 heterocycles. The molecule has 0 atom stereocenters. The van der Waals surface area contributed by atoms with Crippen molar-refractivity contribution in [2.75, 3.05) is 0 Å². The fraction of sp³-hybridized carbons (Fsp3) is 0.278. The molecule has 0 saturated carbocycles. The molecular weight excluding hydrogens is 360 g/mol. The highest BCUT2D eigenvalue weighted by Gasteiger charge is 2.18. The van der Waals surface area contributed by atoms with E-state index in [2.05, 4.69) is 10.0 Å². The Hall–Kier alpha value is -1.89. The number of carbonyl (C=O) groups is 1. The van der Waals surface area contributed by atoms with E-state index in [1.165, 1.54) is 12.1 Å². The van der Waals surface area contributed by atoms with Crippen molar-refractivity contribution in [3.8, 4) is 0 Å². The minimum Gasteiger partial charge on any atom is -0.350 e. The number of hydrogen-bond donors (Lipinski definition) is 2. The van der Waals surface area contributed by atoms with Crippen molar-refractivity contribution in [2.45, 2.75) is 38.3 Å². The van der Waals surface area contributed by atoms with E-state index in [4.69, 9.17) is 11.6 Å². The van der Waals surface area contributed by atoms with Crippen molar-refractivity contribution in [1.82, 2.24) is 10.0 Å². The first-order valence-electron chi connectivity index (χ1n) is 7.85. The maximum absolute atomic E-state index is 12.5. The van der Waals surface area contributed by atoms with E-state index in [-0.39, 0.29) is 23.4 Å². The van der Waals surface area contributed by atoms with Crippen molar-refractivity contribution in [1.29, 1.82) is 0 Å². The second-order valence-electron chi connectivity index (χ2n) is 6.02. The highest BCUT2D eigenvalue weighted by Crippen LogP contribution is 2.18. The molecule has 1 amide bonds. The van der Waals surface area contributed by atoms with Gasteiger partial charge in [-0.05, 0) is 50.1 Å². The molecular formula is C18H21ClN2O3S. The third-order valence-electron chi connectivity index (χ3n) is 3.59. The van der Waals surface area contributed by atoms with Crippen LogP contribution < -0.4 is 10.0 Å². The minimum absolute atomic E-state index is 0.0366. The van der Waals surface area contributed by atoms with Crippen LogP contribution in [0.3, 0.4) is 0 Å². The van der Waals surface area contributed by atoms with Crippen LogP contribution in [-0.4, -0.2) is 20.4 Å². The number of hydrogen-bond acceptors (Lipinski definition) is 3. The summed E-state index contributed by atoms with van der Waals surface area (Å²) in [6, 6.07) is 11.5. The lowest BCUT2D eigenvalue weighted by Gasteiger charge is -2.13. The van der Waals surface area contributed by atoms with Crippen LogP contribution in [0.4, 0.5) is 0 Å². The molecule has 25 heavy (non-hydrogen) atoms. The van der Waals surface area contributed by atoms with Crippen LogP contribution in [0, 0.1) is 6.92 Å². The number of nitrogens with one attached hydrogen (secondary N) is 2. The molecule has 0 spiro atoms. The molecule has 134 valence electrons. The van der Waals surface area contributed by atoms with Crippen LogP contribution in [0.15, 0.2) is 47.4 Å². The molecule has 0 saturated heterocycles. The van der Waals surface area contributed by atoms with Crippen molar-refractivity contribution in [3.63, 3.8) is 0 Å². The Balaban J connectivity index is 2.24. The number of sulfonamides is 1. The van der Waals surface area contributed by atoms with Gasteiger partial charge in [-0.25, -0.2) is 13.1 Å². The lowest BCUT2D eigenvalue weighted by molar-refractivity contribution is 0.0942. The smallest absolute Gasteiger partial charge is 0.251 e. The molecule has 2 aromatic rings. The molecule has 2 N–H and O–H groups in total. The average Bonchev–Trinajstić information content (AvgIpc) is 2.53. The Bertz CT molecular complexity index is 880. The van der Waals surface area contributed by atoms with Gasteiger partial charge in [-0.15, -0.1) is 0 Å². The molecule has 2 aromatic carbocycles. The number of rotatable bonds is 6. The normalized spacial score (nSPS) is 11.6. The van der Waals surface area contributed by atoms with Crippen molar-refractivity contribution >= 4 is 27.5 Å². The predicted molar refractivity (Wildman–Crippen MR) is 99.3 cm³/mol. The molecule has 2 rings (SSSR count). The number of amides is 1. The van der Waals surface area contributed by atoms with Crippen molar-refractivity contribution in [3.05, 3.63) is 64.2 Å². The van der Waals surface area contributed by atoms with Gasteiger partial charge in [0.15, 0.2) is 0 Å². The summed E-state index contributed by atoms with van der Waals surface area (Å²) in [5, 5.41) is 3.26. The quantitative estimate of drug-likeness (QED) is 0.807. The fourth-order valence-corrected chi connectivity index (χ4v) is 3.49. The monoisotopic (exact) mass is 380 g/mol. The summed E-state index contributed by atoms with van der Waals surface area (Å²) in [6.07, 6.45) is 0. The first-order valence-corrected chi connectivity index (χ1v) is 9.71. The van der Waals surface area contributed by atoms with E-state index in [0.29, 0.717) is 21.7 Å². The summed E-state index contributed by atoms with van der Waals surface area (Å²) in [5.74, 6) is -0.296. The Morgan fingerprint density at radius 2 is 1.84 bits per heavy atom. The molecule has 0 aliphatic rings. The topological polar surface area (TPSA) is 75.3 Å².